The largest absolute Gasteiger partial charge is 0.385 e. The summed E-state index contributed by atoms with van der Waals surface area (Å²) in [6.45, 7) is 9.10. The number of ether oxygens (including phenoxy) is 1. The standard InChI is InChI=1S/C13H23N.C4H10O.C2H6/c1-2-12(11-14)9-6-10-13-7-4-3-5-8-13;1-3-4-5-2;1-2/h12-13H,2-10H2,1H3;3-4H2,1-2H3;1-2H3. The molecule has 0 heterocycles. The molecule has 1 aliphatic carbocycles. The molecule has 0 aromatic heterocycles. The van der Waals surface area contributed by atoms with Gasteiger partial charge in [-0.3, -0.25) is 0 Å². The maximum atomic E-state index is 8.81. The van der Waals surface area contributed by atoms with Crippen LogP contribution in [0.25, 0.3) is 0 Å². The second-order valence-electron chi connectivity index (χ2n) is 5.66. The van der Waals surface area contributed by atoms with E-state index in [9.17, 15) is 0 Å². The van der Waals surface area contributed by atoms with E-state index in [1.165, 1.54) is 44.9 Å². The lowest BCUT2D eigenvalue weighted by atomic mass is 9.85. The number of nitriles is 1. The summed E-state index contributed by atoms with van der Waals surface area (Å²) < 4.78 is 4.69. The van der Waals surface area contributed by atoms with Crippen LogP contribution in [0.15, 0.2) is 0 Å². The Bertz CT molecular complexity index is 214. The van der Waals surface area contributed by atoms with Crippen LogP contribution in [0.5, 0.6) is 0 Å². The Morgan fingerprint density at radius 1 is 1.14 bits per heavy atom. The van der Waals surface area contributed by atoms with Gasteiger partial charge < -0.3 is 4.74 Å². The molecule has 1 saturated carbocycles. The van der Waals surface area contributed by atoms with Crippen molar-refractivity contribution in [3.05, 3.63) is 0 Å². The summed E-state index contributed by atoms with van der Waals surface area (Å²) in [6.07, 6.45) is 13.2. The van der Waals surface area contributed by atoms with E-state index in [1.807, 2.05) is 13.8 Å². The van der Waals surface area contributed by atoms with Crippen LogP contribution in [0.4, 0.5) is 0 Å². The predicted octanol–water partition coefficient (Wildman–Crippen LogP) is 6.36. The highest BCUT2D eigenvalue weighted by molar-refractivity contribution is 4.81. The Morgan fingerprint density at radius 3 is 2.14 bits per heavy atom. The van der Waals surface area contributed by atoms with Gasteiger partial charge in [-0.1, -0.05) is 72.6 Å². The first-order valence-electron chi connectivity index (χ1n) is 9.16. The molecule has 2 nitrogen and oxygen atoms in total. The number of methoxy groups -OCH3 is 1. The van der Waals surface area contributed by atoms with Crippen LogP contribution in [-0.2, 0) is 4.74 Å². The van der Waals surface area contributed by atoms with Crippen molar-refractivity contribution in [2.45, 2.75) is 91.9 Å². The number of hydrogen-bond donors (Lipinski definition) is 0. The molecular formula is C19H39NO. The molecule has 2 heteroatoms. The van der Waals surface area contributed by atoms with Crippen molar-refractivity contribution in [3.63, 3.8) is 0 Å². The van der Waals surface area contributed by atoms with Gasteiger partial charge in [0.25, 0.3) is 0 Å². The van der Waals surface area contributed by atoms with E-state index in [0.29, 0.717) is 5.92 Å². The van der Waals surface area contributed by atoms with Crippen LogP contribution >= 0.6 is 0 Å². The number of nitrogens with zero attached hydrogens (tertiary/aromatic N) is 1. The van der Waals surface area contributed by atoms with Crippen molar-refractivity contribution in [2.24, 2.45) is 11.8 Å². The lowest BCUT2D eigenvalue weighted by Gasteiger charge is -2.21. The van der Waals surface area contributed by atoms with Gasteiger partial charge >= 0.3 is 0 Å². The molecule has 0 aromatic carbocycles. The second kappa shape index (κ2) is 19.4. The highest BCUT2D eigenvalue weighted by atomic mass is 16.5. The van der Waals surface area contributed by atoms with Gasteiger partial charge in [-0.05, 0) is 25.2 Å². The minimum Gasteiger partial charge on any atom is -0.385 e. The fourth-order valence-corrected chi connectivity index (χ4v) is 2.69. The van der Waals surface area contributed by atoms with Gasteiger partial charge in [-0.15, -0.1) is 0 Å². The Labute approximate surface area is 134 Å². The minimum atomic E-state index is 0.318. The van der Waals surface area contributed by atoms with Gasteiger partial charge in [-0.25, -0.2) is 0 Å². The van der Waals surface area contributed by atoms with E-state index in [2.05, 4.69) is 19.9 Å². The molecule has 0 aromatic rings. The van der Waals surface area contributed by atoms with Crippen molar-refractivity contribution < 1.29 is 4.74 Å². The zero-order chi connectivity index (χ0) is 16.3. The molecule has 1 fully saturated rings. The smallest absolute Gasteiger partial charge is 0.0655 e. The molecule has 1 atom stereocenters. The summed E-state index contributed by atoms with van der Waals surface area (Å²) in [7, 11) is 1.71. The fraction of sp³-hybridized carbons (Fsp3) is 0.947. The quantitative estimate of drug-likeness (QED) is 0.548. The molecule has 0 radical (unpaired) electrons. The summed E-state index contributed by atoms with van der Waals surface area (Å²) in [5.74, 6) is 1.30. The van der Waals surface area contributed by atoms with E-state index in [0.717, 1.165) is 31.8 Å². The zero-order valence-corrected chi connectivity index (χ0v) is 15.3. The van der Waals surface area contributed by atoms with Gasteiger partial charge in [-0.2, -0.15) is 5.26 Å². The first-order chi connectivity index (χ1) is 10.3. The van der Waals surface area contributed by atoms with Crippen LogP contribution in [0.3, 0.4) is 0 Å². The van der Waals surface area contributed by atoms with Crippen molar-refractivity contribution in [1.82, 2.24) is 0 Å². The Hall–Kier alpha value is -0.550. The minimum absolute atomic E-state index is 0.318. The van der Waals surface area contributed by atoms with Crippen LogP contribution < -0.4 is 0 Å². The summed E-state index contributed by atoms with van der Waals surface area (Å²) >= 11 is 0. The van der Waals surface area contributed by atoms with Crippen LogP contribution in [-0.4, -0.2) is 13.7 Å². The van der Waals surface area contributed by atoms with Gasteiger partial charge in [0, 0.05) is 19.6 Å². The van der Waals surface area contributed by atoms with Gasteiger partial charge in [0.05, 0.1) is 6.07 Å². The Morgan fingerprint density at radius 2 is 1.76 bits per heavy atom. The molecular weight excluding hydrogens is 258 g/mol. The topological polar surface area (TPSA) is 33.0 Å². The molecule has 0 aliphatic heterocycles. The van der Waals surface area contributed by atoms with Gasteiger partial charge in [0.15, 0.2) is 0 Å². The van der Waals surface area contributed by atoms with Gasteiger partial charge in [0.2, 0.25) is 0 Å². The molecule has 1 unspecified atom stereocenters. The van der Waals surface area contributed by atoms with E-state index in [4.69, 9.17) is 10.00 Å². The first-order valence-corrected chi connectivity index (χ1v) is 9.16. The van der Waals surface area contributed by atoms with E-state index in [1.54, 1.807) is 7.11 Å². The lowest BCUT2D eigenvalue weighted by molar-refractivity contribution is 0.199. The molecule has 0 spiro atoms. The average molecular weight is 298 g/mol. The molecule has 0 bridgehead atoms. The molecule has 0 amide bonds. The Balaban J connectivity index is 0. The molecule has 1 rings (SSSR count). The molecule has 126 valence electrons. The van der Waals surface area contributed by atoms with Crippen molar-refractivity contribution in [3.8, 4) is 6.07 Å². The third-order valence-corrected chi connectivity index (χ3v) is 3.97. The maximum absolute atomic E-state index is 8.81. The third kappa shape index (κ3) is 15.7. The average Bonchev–Trinajstić information content (AvgIpc) is 2.56. The highest BCUT2D eigenvalue weighted by Gasteiger charge is 2.13. The van der Waals surface area contributed by atoms with Crippen LogP contribution in [0, 0.1) is 23.2 Å². The summed E-state index contributed by atoms with van der Waals surface area (Å²) in [5, 5.41) is 8.81. The predicted molar refractivity (Wildman–Crippen MR) is 93.3 cm³/mol. The molecule has 0 N–H and O–H groups in total. The number of rotatable bonds is 7. The third-order valence-electron chi connectivity index (χ3n) is 3.97. The summed E-state index contributed by atoms with van der Waals surface area (Å²) in [6, 6.07) is 2.39. The number of hydrogen-bond acceptors (Lipinski definition) is 2. The summed E-state index contributed by atoms with van der Waals surface area (Å²) in [5.41, 5.74) is 0. The van der Waals surface area contributed by atoms with Crippen molar-refractivity contribution in [1.29, 1.82) is 5.26 Å². The SMILES string of the molecule is CC.CCC(C#N)CCCC1CCCCC1.CCCOC. The van der Waals surface area contributed by atoms with Gasteiger partial charge in [0.1, 0.15) is 0 Å². The Kier molecular flexibility index (Phi) is 21.0. The fourth-order valence-electron chi connectivity index (χ4n) is 2.69. The monoisotopic (exact) mass is 297 g/mol. The van der Waals surface area contributed by atoms with Crippen LogP contribution in [0.2, 0.25) is 0 Å². The summed E-state index contributed by atoms with van der Waals surface area (Å²) in [4.78, 5) is 0. The lowest BCUT2D eigenvalue weighted by Crippen LogP contribution is -2.06. The molecule has 1 aliphatic rings. The normalized spacial score (nSPS) is 15.8. The molecule has 21 heavy (non-hydrogen) atoms. The highest BCUT2D eigenvalue weighted by Crippen LogP contribution is 2.28. The van der Waals surface area contributed by atoms with E-state index >= 15 is 0 Å². The van der Waals surface area contributed by atoms with Crippen molar-refractivity contribution >= 4 is 0 Å². The zero-order valence-electron chi connectivity index (χ0n) is 15.3. The maximum Gasteiger partial charge on any atom is 0.0655 e. The second-order valence-corrected chi connectivity index (χ2v) is 5.66. The van der Waals surface area contributed by atoms with Crippen molar-refractivity contribution in [2.75, 3.05) is 13.7 Å². The molecule has 0 saturated heterocycles. The van der Waals surface area contributed by atoms with E-state index < -0.39 is 0 Å². The van der Waals surface area contributed by atoms with E-state index in [-0.39, 0.29) is 0 Å². The first kappa shape index (κ1) is 22.7. The van der Waals surface area contributed by atoms with Crippen LogP contribution in [0.1, 0.15) is 91.9 Å².